The number of carboxylic acid groups (broad SMARTS) is 1. The first-order chi connectivity index (χ1) is 17.5. The van der Waals surface area contributed by atoms with E-state index in [0.29, 0.717) is 36.5 Å². The number of nitrogens with zero attached hydrogens (tertiary/aromatic N) is 3. The molecule has 1 saturated heterocycles. The molecular formula is C27H33F2N3O3S2. The molecule has 200 valence electrons. The molecule has 1 fully saturated rings. The lowest BCUT2D eigenvalue weighted by molar-refractivity contribution is -0.156. The van der Waals surface area contributed by atoms with Gasteiger partial charge in [0, 0.05) is 47.8 Å². The SMILES string of the molecule is CCC[C@@]1(C(=O)O)C[C@@H](C(C)(C)C)CN(Cc2cnc(-c3cc(-c4cnsc4)ccc3OC(F)F)s2)C1. The first-order valence-electron chi connectivity index (χ1n) is 12.4. The highest BCUT2D eigenvalue weighted by molar-refractivity contribution is 7.15. The maximum Gasteiger partial charge on any atom is 0.387 e. The lowest BCUT2D eigenvalue weighted by Crippen LogP contribution is -2.53. The molecule has 1 aliphatic rings. The minimum Gasteiger partial charge on any atom is -0.481 e. The maximum atomic E-state index is 13.1. The highest BCUT2D eigenvalue weighted by Crippen LogP contribution is 2.45. The van der Waals surface area contributed by atoms with E-state index in [1.807, 2.05) is 12.3 Å². The number of likely N-dealkylation sites (tertiary alicyclic amines) is 1. The summed E-state index contributed by atoms with van der Waals surface area (Å²) in [4.78, 5) is 20.2. The molecule has 2 aromatic heterocycles. The Morgan fingerprint density at radius 2 is 2.08 bits per heavy atom. The van der Waals surface area contributed by atoms with Crippen molar-refractivity contribution in [2.45, 2.75) is 60.1 Å². The van der Waals surface area contributed by atoms with Crippen LogP contribution in [0.25, 0.3) is 21.7 Å². The van der Waals surface area contributed by atoms with Crippen LogP contribution >= 0.6 is 22.9 Å². The quantitative estimate of drug-likeness (QED) is 0.302. The molecule has 0 bridgehead atoms. The van der Waals surface area contributed by atoms with Crippen LogP contribution in [0.2, 0.25) is 0 Å². The van der Waals surface area contributed by atoms with Crippen LogP contribution in [0.15, 0.2) is 36.0 Å². The van der Waals surface area contributed by atoms with Crippen LogP contribution in [0.1, 0.15) is 51.8 Å². The Morgan fingerprint density at radius 3 is 2.70 bits per heavy atom. The van der Waals surface area contributed by atoms with E-state index < -0.39 is 18.0 Å². The third-order valence-corrected chi connectivity index (χ3v) is 8.78. The van der Waals surface area contributed by atoms with Crippen LogP contribution in [-0.2, 0) is 11.3 Å². The maximum absolute atomic E-state index is 13.1. The lowest BCUT2D eigenvalue weighted by Gasteiger charge is -2.48. The van der Waals surface area contributed by atoms with Crippen LogP contribution in [0.4, 0.5) is 8.78 Å². The fourth-order valence-corrected chi connectivity index (χ4v) is 6.70. The van der Waals surface area contributed by atoms with E-state index in [0.717, 1.165) is 29.0 Å². The summed E-state index contributed by atoms with van der Waals surface area (Å²) < 4.78 is 35.2. The average Bonchev–Trinajstić information content (AvgIpc) is 3.51. The number of thiazole rings is 1. The molecule has 3 aromatic rings. The van der Waals surface area contributed by atoms with Gasteiger partial charge in [-0.1, -0.05) is 40.2 Å². The molecule has 1 aromatic carbocycles. The van der Waals surface area contributed by atoms with Crippen molar-refractivity contribution in [2.24, 2.45) is 16.7 Å². The van der Waals surface area contributed by atoms with Gasteiger partial charge in [-0.25, -0.2) is 9.36 Å². The molecule has 0 amide bonds. The van der Waals surface area contributed by atoms with E-state index in [1.165, 1.54) is 22.9 Å². The fraction of sp³-hybridized carbons (Fsp3) is 0.519. The molecule has 0 aliphatic carbocycles. The second kappa shape index (κ2) is 11.1. The van der Waals surface area contributed by atoms with Crippen LogP contribution in [0, 0.1) is 16.7 Å². The van der Waals surface area contributed by atoms with E-state index in [4.69, 9.17) is 4.74 Å². The first-order valence-corrected chi connectivity index (χ1v) is 14.1. The minimum absolute atomic E-state index is 0.0234. The van der Waals surface area contributed by atoms with Gasteiger partial charge in [0.25, 0.3) is 0 Å². The van der Waals surface area contributed by atoms with Gasteiger partial charge in [0.05, 0.1) is 11.0 Å². The van der Waals surface area contributed by atoms with Gasteiger partial charge in [-0.2, -0.15) is 8.78 Å². The molecule has 10 heteroatoms. The zero-order chi connectivity index (χ0) is 26.8. The van der Waals surface area contributed by atoms with Gasteiger partial charge in [-0.15, -0.1) is 11.3 Å². The summed E-state index contributed by atoms with van der Waals surface area (Å²) in [5.74, 6) is -0.425. The Kier molecular flexibility index (Phi) is 8.30. The zero-order valence-electron chi connectivity index (χ0n) is 21.5. The van der Waals surface area contributed by atoms with E-state index in [-0.39, 0.29) is 17.1 Å². The van der Waals surface area contributed by atoms with Gasteiger partial charge < -0.3 is 9.84 Å². The van der Waals surface area contributed by atoms with Gasteiger partial charge in [0.15, 0.2) is 0 Å². The van der Waals surface area contributed by atoms with Crippen LogP contribution in [0.3, 0.4) is 0 Å². The summed E-state index contributed by atoms with van der Waals surface area (Å²) in [5.41, 5.74) is 1.44. The molecule has 1 aliphatic heterocycles. The van der Waals surface area contributed by atoms with Crippen molar-refractivity contribution < 1.29 is 23.4 Å². The second-order valence-corrected chi connectivity index (χ2v) is 12.7. The number of piperidine rings is 1. The van der Waals surface area contributed by atoms with Crippen molar-refractivity contribution in [1.82, 2.24) is 14.3 Å². The molecule has 0 radical (unpaired) electrons. The number of hydrogen-bond acceptors (Lipinski definition) is 7. The summed E-state index contributed by atoms with van der Waals surface area (Å²) in [6, 6.07) is 5.08. The molecule has 37 heavy (non-hydrogen) atoms. The smallest absolute Gasteiger partial charge is 0.387 e. The predicted molar refractivity (Wildman–Crippen MR) is 143 cm³/mol. The molecule has 0 saturated carbocycles. The molecule has 0 unspecified atom stereocenters. The number of aliphatic carboxylic acids is 1. The van der Waals surface area contributed by atoms with Crippen molar-refractivity contribution in [1.29, 1.82) is 0 Å². The largest absolute Gasteiger partial charge is 0.481 e. The standard InChI is InChI=1S/C27H33F2N3O3S2/c1-5-8-27(24(33)34)10-19(26(2,3)4)13-32(16-27)14-20-12-30-23(37-20)21-9-17(18-11-31-36-15-18)6-7-22(21)35-25(28)29/h6-7,9,11-12,15,19,25H,5,8,10,13-14,16H2,1-4H3,(H,33,34)/t19-,27-/m1/s1. The van der Waals surface area contributed by atoms with E-state index in [1.54, 1.807) is 30.6 Å². The average molecular weight is 550 g/mol. The van der Waals surface area contributed by atoms with Gasteiger partial charge in [-0.3, -0.25) is 9.69 Å². The van der Waals surface area contributed by atoms with Crippen molar-refractivity contribution in [2.75, 3.05) is 13.1 Å². The predicted octanol–water partition coefficient (Wildman–Crippen LogP) is 7.27. The molecule has 1 N–H and O–H groups in total. The van der Waals surface area contributed by atoms with Gasteiger partial charge >= 0.3 is 12.6 Å². The normalized spacial score (nSPS) is 20.9. The van der Waals surface area contributed by atoms with Crippen molar-refractivity contribution in [3.63, 3.8) is 0 Å². The molecule has 3 heterocycles. The monoisotopic (exact) mass is 549 g/mol. The molecule has 0 spiro atoms. The number of halogens is 2. The molecular weight excluding hydrogens is 516 g/mol. The van der Waals surface area contributed by atoms with E-state index >= 15 is 0 Å². The Hall–Kier alpha value is -2.43. The summed E-state index contributed by atoms with van der Waals surface area (Å²) in [6.07, 6.45) is 5.61. The topological polar surface area (TPSA) is 75.5 Å². The minimum atomic E-state index is -2.95. The van der Waals surface area contributed by atoms with Crippen molar-refractivity contribution in [3.05, 3.63) is 40.8 Å². The second-order valence-electron chi connectivity index (χ2n) is 10.9. The van der Waals surface area contributed by atoms with E-state index in [2.05, 4.69) is 35.0 Å². The van der Waals surface area contributed by atoms with Crippen LogP contribution < -0.4 is 4.74 Å². The van der Waals surface area contributed by atoms with Crippen molar-refractivity contribution in [3.8, 4) is 27.4 Å². The highest BCUT2D eigenvalue weighted by Gasteiger charge is 2.47. The molecule has 4 rings (SSSR count). The number of hydrogen-bond donors (Lipinski definition) is 1. The third kappa shape index (κ3) is 6.35. The Balaban J connectivity index is 1.63. The summed E-state index contributed by atoms with van der Waals surface area (Å²) in [6.45, 7) is 7.44. The van der Waals surface area contributed by atoms with Gasteiger partial charge in [-0.05, 0) is 53.4 Å². The van der Waals surface area contributed by atoms with Crippen LogP contribution in [0.5, 0.6) is 5.75 Å². The zero-order valence-corrected chi connectivity index (χ0v) is 23.2. The summed E-state index contributed by atoms with van der Waals surface area (Å²) in [5, 5.41) is 12.7. The third-order valence-electron chi connectivity index (χ3n) is 7.17. The summed E-state index contributed by atoms with van der Waals surface area (Å²) in [7, 11) is 0. The van der Waals surface area contributed by atoms with E-state index in [9.17, 15) is 18.7 Å². The first kappa shape index (κ1) is 27.6. The van der Waals surface area contributed by atoms with Gasteiger partial charge in [0.2, 0.25) is 0 Å². The summed E-state index contributed by atoms with van der Waals surface area (Å²) >= 11 is 2.74. The number of carboxylic acids is 1. The fourth-order valence-electron chi connectivity index (χ4n) is 5.18. The number of benzene rings is 1. The van der Waals surface area contributed by atoms with Crippen molar-refractivity contribution >= 4 is 28.8 Å². The number of rotatable bonds is 9. The lowest BCUT2D eigenvalue weighted by atomic mass is 9.65. The highest BCUT2D eigenvalue weighted by atomic mass is 32.1. The number of aromatic nitrogens is 2. The Labute approximate surface area is 224 Å². The number of ether oxygens (including phenoxy) is 1. The number of carbonyl (C=O) groups is 1. The number of alkyl halides is 2. The van der Waals surface area contributed by atoms with Crippen LogP contribution in [-0.4, -0.2) is 45.0 Å². The van der Waals surface area contributed by atoms with Gasteiger partial charge in [0.1, 0.15) is 10.8 Å². The molecule has 2 atom stereocenters. The Morgan fingerprint density at radius 1 is 1.30 bits per heavy atom. The Bertz CT molecular complexity index is 1210. The molecule has 6 nitrogen and oxygen atoms in total.